The van der Waals surface area contributed by atoms with Gasteiger partial charge in [-0.05, 0) is 11.6 Å². The number of benzene rings is 2. The van der Waals surface area contributed by atoms with E-state index < -0.39 is 0 Å². The van der Waals surface area contributed by atoms with Gasteiger partial charge in [-0.3, -0.25) is 0 Å². The van der Waals surface area contributed by atoms with E-state index >= 15 is 0 Å². The summed E-state index contributed by atoms with van der Waals surface area (Å²) in [7, 11) is 0. The van der Waals surface area contributed by atoms with Crippen molar-refractivity contribution in [2.75, 3.05) is 0 Å². The van der Waals surface area contributed by atoms with Crippen LogP contribution in [0.15, 0.2) is 67.2 Å². The standard InChI is InChI=1S/C19H13N3S/c1-2-15-16(13-9-5-3-6-10-13)18-19(22-23-21-18)17(20-15)14-11-7-4-8-12-14/h2-12H,1H2. The van der Waals surface area contributed by atoms with Gasteiger partial charge in [-0.25, -0.2) is 4.98 Å². The van der Waals surface area contributed by atoms with Crippen LogP contribution >= 0.6 is 11.7 Å². The topological polar surface area (TPSA) is 38.7 Å². The third-order valence-corrected chi connectivity index (χ3v) is 4.27. The fourth-order valence-corrected chi connectivity index (χ4v) is 3.25. The summed E-state index contributed by atoms with van der Waals surface area (Å²) < 4.78 is 9.02. The molecule has 0 unspecified atom stereocenters. The van der Waals surface area contributed by atoms with Crippen molar-refractivity contribution in [1.82, 2.24) is 13.7 Å². The van der Waals surface area contributed by atoms with Crippen LogP contribution in [0.3, 0.4) is 0 Å². The van der Waals surface area contributed by atoms with Crippen molar-refractivity contribution in [3.8, 4) is 22.4 Å². The van der Waals surface area contributed by atoms with Crippen molar-refractivity contribution >= 4 is 28.8 Å². The molecule has 0 aliphatic rings. The van der Waals surface area contributed by atoms with Crippen LogP contribution in [0.4, 0.5) is 0 Å². The third kappa shape index (κ3) is 2.33. The molecule has 0 bridgehead atoms. The molecule has 0 atom stereocenters. The average molecular weight is 315 g/mol. The van der Waals surface area contributed by atoms with Crippen LogP contribution in [0.1, 0.15) is 5.69 Å². The van der Waals surface area contributed by atoms with Crippen molar-refractivity contribution in [3.63, 3.8) is 0 Å². The molecule has 0 fully saturated rings. The molecule has 3 nitrogen and oxygen atoms in total. The van der Waals surface area contributed by atoms with Crippen LogP contribution < -0.4 is 0 Å². The van der Waals surface area contributed by atoms with Crippen LogP contribution in [-0.4, -0.2) is 13.7 Å². The van der Waals surface area contributed by atoms with Crippen LogP contribution in [0.2, 0.25) is 0 Å². The van der Waals surface area contributed by atoms with E-state index in [0.29, 0.717) is 0 Å². The normalized spacial score (nSPS) is 10.8. The lowest BCUT2D eigenvalue weighted by Crippen LogP contribution is -1.95. The molecule has 4 rings (SSSR count). The highest BCUT2D eigenvalue weighted by Gasteiger charge is 2.18. The van der Waals surface area contributed by atoms with Gasteiger partial charge in [-0.15, -0.1) is 0 Å². The number of hydrogen-bond donors (Lipinski definition) is 0. The zero-order valence-corrected chi connectivity index (χ0v) is 13.1. The van der Waals surface area contributed by atoms with Gasteiger partial charge in [0.05, 0.1) is 23.1 Å². The summed E-state index contributed by atoms with van der Waals surface area (Å²) in [4.78, 5) is 4.82. The molecule has 110 valence electrons. The number of fused-ring (bicyclic) bond motifs is 1. The molecule has 23 heavy (non-hydrogen) atoms. The Bertz CT molecular complexity index is 976. The van der Waals surface area contributed by atoms with E-state index in [4.69, 9.17) is 4.98 Å². The zero-order valence-electron chi connectivity index (χ0n) is 12.3. The van der Waals surface area contributed by atoms with E-state index in [1.54, 1.807) is 6.08 Å². The number of aromatic nitrogens is 3. The van der Waals surface area contributed by atoms with E-state index in [2.05, 4.69) is 27.5 Å². The van der Waals surface area contributed by atoms with Crippen LogP contribution in [0.5, 0.6) is 0 Å². The predicted octanol–water partition coefficient (Wildman–Crippen LogP) is 5.06. The van der Waals surface area contributed by atoms with Gasteiger partial charge >= 0.3 is 0 Å². The van der Waals surface area contributed by atoms with E-state index in [9.17, 15) is 0 Å². The maximum atomic E-state index is 4.82. The van der Waals surface area contributed by atoms with E-state index in [0.717, 1.165) is 39.1 Å². The Kier molecular flexibility index (Phi) is 3.44. The average Bonchev–Trinajstić information content (AvgIpc) is 3.11. The highest BCUT2D eigenvalue weighted by atomic mass is 32.1. The number of nitrogens with zero attached hydrogens (tertiary/aromatic N) is 3. The second kappa shape index (κ2) is 5.74. The van der Waals surface area contributed by atoms with Gasteiger partial charge in [0.2, 0.25) is 0 Å². The van der Waals surface area contributed by atoms with Gasteiger partial charge < -0.3 is 0 Å². The first kappa shape index (κ1) is 13.8. The minimum Gasteiger partial charge on any atom is -0.245 e. The molecule has 4 aromatic rings. The molecule has 0 saturated heterocycles. The quantitative estimate of drug-likeness (QED) is 0.530. The molecule has 0 N–H and O–H groups in total. The largest absolute Gasteiger partial charge is 0.245 e. The van der Waals surface area contributed by atoms with Crippen LogP contribution in [0, 0.1) is 0 Å². The molecule has 0 saturated carbocycles. The molecular formula is C19H13N3S. The summed E-state index contributed by atoms with van der Waals surface area (Å²) in [6.07, 6.45) is 1.79. The smallest absolute Gasteiger partial charge is 0.131 e. The fraction of sp³-hybridized carbons (Fsp3) is 0. The molecule has 4 heteroatoms. The van der Waals surface area contributed by atoms with Gasteiger partial charge in [-0.1, -0.05) is 67.2 Å². The van der Waals surface area contributed by atoms with Gasteiger partial charge in [0.15, 0.2) is 0 Å². The fourth-order valence-electron chi connectivity index (χ4n) is 2.69. The molecule has 2 heterocycles. The molecule has 2 aromatic heterocycles. The Hall–Kier alpha value is -2.85. The number of pyridine rings is 1. The van der Waals surface area contributed by atoms with E-state index in [1.807, 2.05) is 48.5 Å². The minimum absolute atomic E-state index is 0.829. The first-order valence-corrected chi connectivity index (χ1v) is 8.01. The second-order valence-electron chi connectivity index (χ2n) is 5.12. The van der Waals surface area contributed by atoms with E-state index in [-0.39, 0.29) is 0 Å². The lowest BCUT2D eigenvalue weighted by atomic mass is 9.99. The molecule has 0 aliphatic carbocycles. The zero-order chi connectivity index (χ0) is 15.6. The molecule has 0 radical (unpaired) electrons. The first-order chi connectivity index (χ1) is 11.4. The van der Waals surface area contributed by atoms with Crippen molar-refractivity contribution in [3.05, 3.63) is 72.9 Å². The lowest BCUT2D eigenvalue weighted by molar-refractivity contribution is 1.31. The summed E-state index contributed by atoms with van der Waals surface area (Å²) in [5.41, 5.74) is 6.50. The summed E-state index contributed by atoms with van der Waals surface area (Å²) >= 11 is 1.22. The van der Waals surface area contributed by atoms with Crippen molar-refractivity contribution in [1.29, 1.82) is 0 Å². The van der Waals surface area contributed by atoms with Crippen LogP contribution in [0.25, 0.3) is 39.5 Å². The van der Waals surface area contributed by atoms with Gasteiger partial charge in [0.1, 0.15) is 11.0 Å². The predicted molar refractivity (Wildman–Crippen MR) is 96.2 cm³/mol. The molecule has 0 aliphatic heterocycles. The maximum Gasteiger partial charge on any atom is 0.131 e. The molecular weight excluding hydrogens is 302 g/mol. The Morgan fingerprint density at radius 2 is 1.39 bits per heavy atom. The summed E-state index contributed by atoms with van der Waals surface area (Å²) in [5.74, 6) is 0. The van der Waals surface area contributed by atoms with E-state index in [1.165, 1.54) is 11.7 Å². The SMILES string of the molecule is C=Cc1nc(-c2ccccc2)c2nsnc2c1-c1ccccc1. The Balaban J connectivity index is 2.07. The van der Waals surface area contributed by atoms with Gasteiger partial charge in [0, 0.05) is 11.1 Å². The second-order valence-corrected chi connectivity index (χ2v) is 5.65. The highest BCUT2D eigenvalue weighted by Crippen LogP contribution is 2.35. The van der Waals surface area contributed by atoms with Gasteiger partial charge in [-0.2, -0.15) is 8.75 Å². The lowest BCUT2D eigenvalue weighted by Gasteiger charge is -2.10. The Morgan fingerprint density at radius 1 is 0.783 bits per heavy atom. The highest BCUT2D eigenvalue weighted by molar-refractivity contribution is 7.00. The maximum absolute atomic E-state index is 4.82. The van der Waals surface area contributed by atoms with Crippen molar-refractivity contribution in [2.24, 2.45) is 0 Å². The Morgan fingerprint density at radius 3 is 2.04 bits per heavy atom. The monoisotopic (exact) mass is 315 g/mol. The first-order valence-electron chi connectivity index (χ1n) is 7.28. The molecule has 0 amide bonds. The summed E-state index contributed by atoms with van der Waals surface area (Å²) in [6, 6.07) is 20.2. The Labute approximate surface area is 138 Å². The van der Waals surface area contributed by atoms with Crippen molar-refractivity contribution in [2.45, 2.75) is 0 Å². The summed E-state index contributed by atoms with van der Waals surface area (Å²) in [6.45, 7) is 3.94. The number of hydrogen-bond acceptors (Lipinski definition) is 4. The summed E-state index contributed by atoms with van der Waals surface area (Å²) in [5, 5.41) is 0. The molecule has 0 spiro atoms. The minimum atomic E-state index is 0.829. The van der Waals surface area contributed by atoms with Crippen LogP contribution in [-0.2, 0) is 0 Å². The molecule has 2 aromatic carbocycles. The number of rotatable bonds is 3. The van der Waals surface area contributed by atoms with Gasteiger partial charge in [0.25, 0.3) is 0 Å². The van der Waals surface area contributed by atoms with Crippen molar-refractivity contribution < 1.29 is 0 Å². The third-order valence-electron chi connectivity index (χ3n) is 3.74.